The van der Waals surface area contributed by atoms with Crippen molar-refractivity contribution in [2.45, 2.75) is 12.2 Å². The molecule has 1 aromatic carbocycles. The number of anilines is 1. The Labute approximate surface area is 160 Å². The van der Waals surface area contributed by atoms with E-state index in [1.165, 1.54) is 18.9 Å². The second-order valence-corrected chi connectivity index (χ2v) is 7.21. The molecule has 8 heteroatoms. The minimum atomic E-state index is -0.159. The number of aromatic hydroxyl groups is 1. The highest BCUT2D eigenvalue weighted by atomic mass is 32.2. The lowest BCUT2D eigenvalue weighted by molar-refractivity contribution is -0.113. The number of aromatic nitrogens is 3. The number of methoxy groups -OCH3 is 1. The zero-order chi connectivity index (χ0) is 19.0. The van der Waals surface area contributed by atoms with Gasteiger partial charge in [0.1, 0.15) is 5.82 Å². The summed E-state index contributed by atoms with van der Waals surface area (Å²) in [7, 11) is 1.51. The predicted octanol–water partition coefficient (Wildman–Crippen LogP) is 3.06. The quantitative estimate of drug-likeness (QED) is 0.724. The third-order valence-corrected chi connectivity index (χ3v) is 5.65. The molecule has 0 spiro atoms. The van der Waals surface area contributed by atoms with Gasteiger partial charge < -0.3 is 15.2 Å². The maximum Gasteiger partial charge on any atom is 0.235 e. The molecule has 0 saturated carbocycles. The molecule has 2 aromatic heterocycles. The molecule has 1 unspecified atom stereocenters. The van der Waals surface area contributed by atoms with Crippen LogP contribution >= 0.6 is 11.8 Å². The van der Waals surface area contributed by atoms with Crippen molar-refractivity contribution in [2.24, 2.45) is 0 Å². The molecule has 1 amide bonds. The van der Waals surface area contributed by atoms with Crippen LogP contribution in [0.5, 0.6) is 11.5 Å². The molecule has 138 valence electrons. The van der Waals surface area contributed by atoms with E-state index >= 15 is 0 Å². The van der Waals surface area contributed by atoms with Crippen molar-refractivity contribution >= 4 is 23.5 Å². The molecule has 0 saturated heterocycles. The van der Waals surface area contributed by atoms with Gasteiger partial charge in [-0.3, -0.25) is 4.79 Å². The van der Waals surface area contributed by atoms with Crippen molar-refractivity contribution in [3.63, 3.8) is 0 Å². The molecular weight excluding hydrogens is 364 g/mol. The van der Waals surface area contributed by atoms with Crippen LogP contribution in [0, 0.1) is 6.92 Å². The first-order chi connectivity index (χ1) is 13.1. The number of fused-ring (bicyclic) bond motifs is 1. The van der Waals surface area contributed by atoms with Gasteiger partial charge in [0.2, 0.25) is 5.91 Å². The number of aryl methyl sites for hydroxylation is 1. The molecule has 0 radical (unpaired) electrons. The van der Waals surface area contributed by atoms with Crippen molar-refractivity contribution in [2.75, 3.05) is 18.2 Å². The lowest BCUT2D eigenvalue weighted by Crippen LogP contribution is -2.16. The number of phenolic OH excluding ortho intramolecular Hbond substituents is 1. The van der Waals surface area contributed by atoms with Crippen molar-refractivity contribution in [1.29, 1.82) is 0 Å². The Morgan fingerprint density at radius 2 is 2.19 bits per heavy atom. The maximum atomic E-state index is 12.3. The van der Waals surface area contributed by atoms with E-state index < -0.39 is 0 Å². The molecular formula is C19H18N4O3S. The smallest absolute Gasteiger partial charge is 0.235 e. The van der Waals surface area contributed by atoms with Crippen LogP contribution in [0.25, 0.3) is 5.82 Å². The largest absolute Gasteiger partial charge is 0.504 e. The minimum absolute atomic E-state index is 0.0652. The molecule has 4 rings (SSSR count). The highest BCUT2D eigenvalue weighted by Gasteiger charge is 2.31. The van der Waals surface area contributed by atoms with Crippen molar-refractivity contribution < 1.29 is 14.6 Å². The molecule has 0 fully saturated rings. The average molecular weight is 382 g/mol. The van der Waals surface area contributed by atoms with Gasteiger partial charge in [-0.2, -0.15) is 9.78 Å². The SMILES string of the molecule is COc1ccc(C2SCC(=O)Nc3c2c(C)nn3-c2ccccn2)cc1O. The second kappa shape index (κ2) is 6.96. The highest BCUT2D eigenvalue weighted by Crippen LogP contribution is 2.45. The van der Waals surface area contributed by atoms with Gasteiger partial charge in [-0.05, 0) is 36.8 Å². The second-order valence-electron chi connectivity index (χ2n) is 6.12. The molecule has 3 aromatic rings. The number of nitrogens with zero attached hydrogens (tertiary/aromatic N) is 3. The van der Waals surface area contributed by atoms with Crippen LogP contribution in [0.2, 0.25) is 0 Å². The summed E-state index contributed by atoms with van der Waals surface area (Å²) in [5.74, 6) is 1.92. The van der Waals surface area contributed by atoms with Crippen LogP contribution in [0.4, 0.5) is 5.82 Å². The van der Waals surface area contributed by atoms with Gasteiger partial charge in [0, 0.05) is 11.8 Å². The summed E-state index contributed by atoms with van der Waals surface area (Å²) in [6.45, 7) is 1.91. The summed E-state index contributed by atoms with van der Waals surface area (Å²) in [4.78, 5) is 16.7. The Bertz CT molecular complexity index is 1000. The monoisotopic (exact) mass is 382 g/mol. The van der Waals surface area contributed by atoms with E-state index in [1.807, 2.05) is 31.2 Å². The van der Waals surface area contributed by atoms with Gasteiger partial charge in [0.25, 0.3) is 0 Å². The lowest BCUT2D eigenvalue weighted by Gasteiger charge is -2.16. The molecule has 7 nitrogen and oxygen atoms in total. The third kappa shape index (κ3) is 3.12. The van der Waals surface area contributed by atoms with E-state index in [-0.39, 0.29) is 16.9 Å². The van der Waals surface area contributed by atoms with Gasteiger partial charge >= 0.3 is 0 Å². The van der Waals surface area contributed by atoms with Crippen LogP contribution in [-0.4, -0.2) is 38.6 Å². The van der Waals surface area contributed by atoms with Crippen LogP contribution < -0.4 is 10.1 Å². The Balaban J connectivity index is 1.87. The zero-order valence-electron chi connectivity index (χ0n) is 14.8. The number of carbonyl (C=O) groups excluding carboxylic acids is 1. The summed E-state index contributed by atoms with van der Waals surface area (Å²) < 4.78 is 6.79. The van der Waals surface area contributed by atoms with E-state index in [1.54, 1.807) is 23.0 Å². The molecule has 1 aliphatic rings. The van der Waals surface area contributed by atoms with E-state index in [9.17, 15) is 9.90 Å². The fourth-order valence-corrected chi connectivity index (χ4v) is 4.34. The molecule has 2 N–H and O–H groups in total. The number of nitrogens with one attached hydrogen (secondary N) is 1. The Hall–Kier alpha value is -3.00. The number of hydrogen-bond acceptors (Lipinski definition) is 6. The number of pyridine rings is 1. The van der Waals surface area contributed by atoms with Crippen LogP contribution in [0.3, 0.4) is 0 Å². The Morgan fingerprint density at radius 3 is 2.89 bits per heavy atom. The van der Waals surface area contributed by atoms with E-state index in [0.29, 0.717) is 23.1 Å². The van der Waals surface area contributed by atoms with Crippen molar-refractivity contribution in [3.05, 3.63) is 59.4 Å². The molecule has 1 aliphatic heterocycles. The standard InChI is InChI=1S/C19H18N4O3S/c1-11-17-18(12-6-7-14(26-2)13(24)9-12)27-10-16(25)21-19(17)23(22-11)15-5-3-4-8-20-15/h3-9,18,24H,10H2,1-2H3,(H,21,25). The Morgan fingerprint density at radius 1 is 1.33 bits per heavy atom. The van der Waals surface area contributed by atoms with Gasteiger partial charge in [-0.25, -0.2) is 4.98 Å². The number of ether oxygens (including phenoxy) is 1. The number of carbonyl (C=O) groups is 1. The maximum absolute atomic E-state index is 12.3. The van der Waals surface area contributed by atoms with Gasteiger partial charge in [-0.15, -0.1) is 11.8 Å². The minimum Gasteiger partial charge on any atom is -0.504 e. The summed E-state index contributed by atoms with van der Waals surface area (Å²) in [6, 6.07) is 10.8. The molecule has 0 bridgehead atoms. The topological polar surface area (TPSA) is 89.3 Å². The number of amides is 1. The first-order valence-electron chi connectivity index (χ1n) is 8.37. The van der Waals surface area contributed by atoms with Crippen molar-refractivity contribution in [3.8, 4) is 17.3 Å². The predicted molar refractivity (Wildman–Crippen MR) is 104 cm³/mol. The van der Waals surface area contributed by atoms with Crippen molar-refractivity contribution in [1.82, 2.24) is 14.8 Å². The number of hydrogen-bond donors (Lipinski definition) is 2. The number of thioether (sulfide) groups is 1. The summed E-state index contributed by atoms with van der Waals surface area (Å²) >= 11 is 1.50. The van der Waals surface area contributed by atoms with Crippen LogP contribution in [0.1, 0.15) is 22.1 Å². The van der Waals surface area contributed by atoms with Crippen LogP contribution in [0.15, 0.2) is 42.6 Å². The molecule has 1 atom stereocenters. The first-order valence-corrected chi connectivity index (χ1v) is 9.42. The normalized spacial score (nSPS) is 16.4. The number of rotatable bonds is 3. The molecule has 3 heterocycles. The number of phenols is 1. The highest BCUT2D eigenvalue weighted by molar-refractivity contribution is 8.00. The van der Waals surface area contributed by atoms with Gasteiger partial charge in [-0.1, -0.05) is 12.1 Å². The van der Waals surface area contributed by atoms with E-state index in [2.05, 4.69) is 15.4 Å². The molecule has 0 aliphatic carbocycles. The zero-order valence-corrected chi connectivity index (χ0v) is 15.7. The first kappa shape index (κ1) is 17.4. The summed E-state index contributed by atoms with van der Waals surface area (Å²) in [6.07, 6.45) is 1.69. The number of benzene rings is 1. The van der Waals surface area contributed by atoms with Gasteiger partial charge in [0.15, 0.2) is 17.3 Å². The van der Waals surface area contributed by atoms with Crippen LogP contribution in [-0.2, 0) is 4.79 Å². The lowest BCUT2D eigenvalue weighted by atomic mass is 10.0. The third-order valence-electron chi connectivity index (χ3n) is 4.38. The fourth-order valence-electron chi connectivity index (χ4n) is 3.16. The average Bonchev–Trinajstić information content (AvgIpc) is 2.88. The summed E-state index contributed by atoms with van der Waals surface area (Å²) in [5, 5.41) is 17.6. The Kier molecular flexibility index (Phi) is 4.49. The summed E-state index contributed by atoms with van der Waals surface area (Å²) in [5.41, 5.74) is 2.58. The molecule has 27 heavy (non-hydrogen) atoms. The van der Waals surface area contributed by atoms with Gasteiger partial charge in [0.05, 0.1) is 23.8 Å². The van der Waals surface area contributed by atoms with E-state index in [0.717, 1.165) is 16.8 Å². The fraction of sp³-hybridized carbons (Fsp3) is 0.211. The van der Waals surface area contributed by atoms with E-state index in [4.69, 9.17) is 4.74 Å².